The van der Waals surface area contributed by atoms with Gasteiger partial charge < -0.3 is 20.7 Å². The number of aryl methyl sites for hydroxylation is 1. The van der Waals surface area contributed by atoms with Crippen molar-refractivity contribution in [2.75, 3.05) is 12.3 Å². The lowest BCUT2D eigenvalue weighted by Crippen LogP contribution is -2.26. The molecule has 0 aliphatic carbocycles. The molecule has 168 valence electrons. The Kier molecular flexibility index (Phi) is 5.95. The van der Waals surface area contributed by atoms with Crippen LogP contribution in [0.1, 0.15) is 37.7 Å². The Bertz CT molecular complexity index is 1320. The maximum atomic E-state index is 13.0. The molecule has 0 aliphatic rings. The number of nitrogens with one attached hydrogen (secondary N) is 1. The summed E-state index contributed by atoms with van der Waals surface area (Å²) in [4.78, 5) is 24.1. The molecule has 0 saturated carbocycles. The number of amides is 1. The highest BCUT2D eigenvalue weighted by molar-refractivity contribution is 6.04. The number of carbonyl (C=O) groups excluding carboxylic acids is 1. The molecule has 0 radical (unpaired) electrons. The van der Waals surface area contributed by atoms with Crippen LogP contribution < -0.4 is 11.1 Å². The molecule has 4 rings (SSSR count). The second kappa shape index (κ2) is 8.99. The summed E-state index contributed by atoms with van der Waals surface area (Å²) in [6, 6.07) is 16.2. The van der Waals surface area contributed by atoms with Crippen LogP contribution in [0, 0.1) is 13.8 Å². The first kappa shape index (κ1) is 21.8. The van der Waals surface area contributed by atoms with E-state index < -0.39 is 11.9 Å². The van der Waals surface area contributed by atoms with Gasteiger partial charge >= 0.3 is 5.97 Å². The molecule has 4 aromatic rings. The molecule has 0 unspecified atom stereocenters. The quantitative estimate of drug-likeness (QED) is 0.396. The molecule has 0 aliphatic heterocycles. The first-order chi connectivity index (χ1) is 15.9. The fourth-order valence-electron chi connectivity index (χ4n) is 3.77. The number of hydrogen-bond donors (Lipinski definition) is 3. The van der Waals surface area contributed by atoms with Crippen molar-refractivity contribution in [1.29, 1.82) is 0 Å². The van der Waals surface area contributed by atoms with Gasteiger partial charge in [-0.2, -0.15) is 5.10 Å². The Hall–Kier alpha value is -4.40. The van der Waals surface area contributed by atoms with Gasteiger partial charge in [0, 0.05) is 12.1 Å². The summed E-state index contributed by atoms with van der Waals surface area (Å²) < 4.78 is 6.95. The minimum atomic E-state index is -0.996. The van der Waals surface area contributed by atoms with E-state index in [2.05, 4.69) is 15.6 Å². The number of anilines is 1. The van der Waals surface area contributed by atoms with Crippen LogP contribution in [0.5, 0.6) is 0 Å². The van der Waals surface area contributed by atoms with E-state index in [-0.39, 0.29) is 23.6 Å². The van der Waals surface area contributed by atoms with Gasteiger partial charge in [-0.1, -0.05) is 35.5 Å². The van der Waals surface area contributed by atoms with Crippen LogP contribution in [-0.2, 0) is 6.42 Å². The molecule has 33 heavy (non-hydrogen) atoms. The fraction of sp³-hybridized carbons (Fsp3) is 0.167. The first-order valence-electron chi connectivity index (χ1n) is 10.3. The van der Waals surface area contributed by atoms with Crippen molar-refractivity contribution >= 4 is 17.8 Å². The molecular weight excluding hydrogens is 422 g/mol. The van der Waals surface area contributed by atoms with Crippen molar-refractivity contribution in [3.63, 3.8) is 0 Å². The molecule has 0 saturated heterocycles. The largest absolute Gasteiger partial charge is 0.478 e. The molecule has 0 spiro atoms. The molecule has 0 fully saturated rings. The van der Waals surface area contributed by atoms with Gasteiger partial charge in [0.2, 0.25) is 5.88 Å². The Balaban J connectivity index is 1.56. The number of benzene rings is 2. The minimum absolute atomic E-state index is 0.0818. The third-order valence-corrected chi connectivity index (χ3v) is 5.35. The number of carbonyl (C=O) groups is 2. The standard InChI is InChI=1S/C24H23N5O4/c1-14-19(15(2)29(27-14)18-9-4-3-5-10-18)21-20(22(25)33-28-21)23(30)26-12-11-16-7-6-8-17(13-16)24(31)32/h3-10,13H,11-12,25H2,1-2H3,(H,26,30)(H,31,32). The number of hydrogen-bond acceptors (Lipinski definition) is 6. The monoisotopic (exact) mass is 445 g/mol. The van der Waals surface area contributed by atoms with Crippen molar-refractivity contribution in [3.8, 4) is 16.9 Å². The maximum absolute atomic E-state index is 13.0. The molecule has 2 aromatic heterocycles. The predicted octanol–water partition coefficient (Wildman–Crippen LogP) is 3.40. The fourth-order valence-corrected chi connectivity index (χ4v) is 3.77. The highest BCUT2D eigenvalue weighted by atomic mass is 16.5. The van der Waals surface area contributed by atoms with E-state index in [1.165, 1.54) is 6.07 Å². The zero-order valence-electron chi connectivity index (χ0n) is 18.2. The molecule has 2 aromatic carbocycles. The summed E-state index contributed by atoms with van der Waals surface area (Å²) in [5, 5.41) is 20.6. The molecule has 9 heteroatoms. The number of nitrogens with zero attached hydrogens (tertiary/aromatic N) is 3. The Labute approximate surface area is 189 Å². The zero-order valence-corrected chi connectivity index (χ0v) is 18.2. The SMILES string of the molecule is Cc1nn(-c2ccccc2)c(C)c1-c1noc(N)c1C(=O)NCCc1cccc(C(=O)O)c1. The van der Waals surface area contributed by atoms with Gasteiger partial charge in [0.25, 0.3) is 5.91 Å². The van der Waals surface area contributed by atoms with Crippen LogP contribution in [0.4, 0.5) is 5.88 Å². The minimum Gasteiger partial charge on any atom is -0.478 e. The Morgan fingerprint density at radius 1 is 1.12 bits per heavy atom. The molecule has 4 N–H and O–H groups in total. The lowest BCUT2D eigenvalue weighted by molar-refractivity contribution is 0.0696. The van der Waals surface area contributed by atoms with E-state index in [4.69, 9.17) is 15.4 Å². The highest BCUT2D eigenvalue weighted by Gasteiger charge is 2.27. The van der Waals surface area contributed by atoms with Gasteiger partial charge in [0.05, 0.1) is 22.6 Å². The van der Waals surface area contributed by atoms with E-state index >= 15 is 0 Å². The third-order valence-electron chi connectivity index (χ3n) is 5.35. The molecular formula is C24H23N5O4. The van der Waals surface area contributed by atoms with Gasteiger partial charge in [0.15, 0.2) is 0 Å². The van der Waals surface area contributed by atoms with Crippen molar-refractivity contribution in [1.82, 2.24) is 20.3 Å². The third kappa shape index (κ3) is 4.33. The number of aromatic nitrogens is 3. The van der Waals surface area contributed by atoms with E-state index in [0.29, 0.717) is 23.4 Å². The second-order valence-corrected chi connectivity index (χ2v) is 7.58. The molecule has 9 nitrogen and oxygen atoms in total. The maximum Gasteiger partial charge on any atom is 0.335 e. The molecule has 0 atom stereocenters. The number of para-hydroxylation sites is 1. The summed E-state index contributed by atoms with van der Waals surface area (Å²) in [6.45, 7) is 4.02. The number of nitrogen functional groups attached to an aromatic ring is 1. The summed E-state index contributed by atoms with van der Waals surface area (Å²) >= 11 is 0. The van der Waals surface area contributed by atoms with Crippen LogP contribution in [0.3, 0.4) is 0 Å². The van der Waals surface area contributed by atoms with Crippen molar-refractivity contribution in [2.45, 2.75) is 20.3 Å². The van der Waals surface area contributed by atoms with E-state index in [0.717, 1.165) is 16.9 Å². The summed E-state index contributed by atoms with van der Waals surface area (Å²) in [5.41, 5.74) is 10.5. The van der Waals surface area contributed by atoms with Gasteiger partial charge in [-0.25, -0.2) is 9.48 Å². The Morgan fingerprint density at radius 2 is 1.88 bits per heavy atom. The van der Waals surface area contributed by atoms with Crippen molar-refractivity contribution in [2.24, 2.45) is 0 Å². The number of aromatic carboxylic acids is 1. The van der Waals surface area contributed by atoms with Gasteiger partial charge in [-0.15, -0.1) is 0 Å². The second-order valence-electron chi connectivity index (χ2n) is 7.58. The smallest absolute Gasteiger partial charge is 0.335 e. The van der Waals surface area contributed by atoms with E-state index in [1.54, 1.807) is 16.8 Å². The van der Waals surface area contributed by atoms with Crippen molar-refractivity contribution in [3.05, 3.63) is 82.7 Å². The number of carboxylic acids is 1. The lowest BCUT2D eigenvalue weighted by Gasteiger charge is -2.07. The predicted molar refractivity (Wildman–Crippen MR) is 122 cm³/mol. The first-order valence-corrected chi connectivity index (χ1v) is 10.3. The summed E-state index contributed by atoms with van der Waals surface area (Å²) in [7, 11) is 0. The molecule has 2 heterocycles. The summed E-state index contributed by atoms with van der Waals surface area (Å²) in [6.07, 6.45) is 0.456. The number of carboxylic acid groups (broad SMARTS) is 1. The number of rotatable bonds is 7. The van der Waals surface area contributed by atoms with Gasteiger partial charge in [0.1, 0.15) is 11.3 Å². The lowest BCUT2D eigenvalue weighted by atomic mass is 10.0. The van der Waals surface area contributed by atoms with Crippen LogP contribution in [-0.4, -0.2) is 38.5 Å². The van der Waals surface area contributed by atoms with Crippen LogP contribution in [0.25, 0.3) is 16.9 Å². The molecule has 0 bridgehead atoms. The van der Waals surface area contributed by atoms with E-state index in [9.17, 15) is 9.59 Å². The highest BCUT2D eigenvalue weighted by Crippen LogP contribution is 2.33. The van der Waals surface area contributed by atoms with Gasteiger partial charge in [-0.3, -0.25) is 4.79 Å². The average Bonchev–Trinajstić information content (AvgIpc) is 3.32. The van der Waals surface area contributed by atoms with Crippen LogP contribution >= 0.6 is 0 Å². The zero-order chi connectivity index (χ0) is 23.5. The normalized spacial score (nSPS) is 10.8. The van der Waals surface area contributed by atoms with Crippen LogP contribution in [0.15, 0.2) is 59.1 Å². The topological polar surface area (TPSA) is 136 Å². The summed E-state index contributed by atoms with van der Waals surface area (Å²) in [5.74, 6) is -1.50. The average molecular weight is 445 g/mol. The molecule has 1 amide bonds. The number of nitrogens with two attached hydrogens (primary N) is 1. The van der Waals surface area contributed by atoms with Gasteiger partial charge in [-0.05, 0) is 50.1 Å². The Morgan fingerprint density at radius 3 is 2.61 bits per heavy atom. The van der Waals surface area contributed by atoms with Crippen LogP contribution in [0.2, 0.25) is 0 Å². The van der Waals surface area contributed by atoms with Crippen molar-refractivity contribution < 1.29 is 19.2 Å². The van der Waals surface area contributed by atoms with E-state index in [1.807, 2.05) is 50.2 Å².